The van der Waals surface area contributed by atoms with Crippen LogP contribution in [-0.2, 0) is 9.59 Å². The van der Waals surface area contributed by atoms with E-state index in [1.54, 1.807) is 18.2 Å². The van der Waals surface area contributed by atoms with Gasteiger partial charge < -0.3 is 9.84 Å². The van der Waals surface area contributed by atoms with Crippen LogP contribution in [0.2, 0.25) is 0 Å². The summed E-state index contributed by atoms with van der Waals surface area (Å²) in [5.41, 5.74) is 0.973. The zero-order chi connectivity index (χ0) is 24.0. The number of rotatable bonds is 4. The van der Waals surface area contributed by atoms with Crippen molar-refractivity contribution in [1.29, 1.82) is 0 Å². The first-order valence-corrected chi connectivity index (χ1v) is 11.0. The summed E-state index contributed by atoms with van der Waals surface area (Å²) in [6, 6.07) is 14.3. The van der Waals surface area contributed by atoms with Crippen LogP contribution in [0.1, 0.15) is 17.2 Å². The molecule has 5 rings (SSSR count). The smallest absolute Gasteiger partial charge is 0.301 e. The van der Waals surface area contributed by atoms with Gasteiger partial charge in [0.25, 0.3) is 5.78 Å². The van der Waals surface area contributed by atoms with Gasteiger partial charge in [-0.15, -0.1) is 0 Å². The van der Waals surface area contributed by atoms with Crippen LogP contribution in [0.15, 0.2) is 72.3 Å². The minimum Gasteiger partial charge on any atom is -0.507 e. The van der Waals surface area contributed by atoms with Crippen LogP contribution in [0.4, 0.5) is 13.9 Å². The number of ketones is 1. The molecule has 0 radical (unpaired) electrons. The number of aliphatic hydroxyl groups excluding tert-OH is 1. The minimum absolute atomic E-state index is 0.167. The molecule has 0 aliphatic carbocycles. The van der Waals surface area contributed by atoms with Crippen LogP contribution < -0.4 is 9.64 Å². The maximum absolute atomic E-state index is 13.7. The lowest BCUT2D eigenvalue weighted by Crippen LogP contribution is -2.29. The number of fused-ring (bicyclic) bond motifs is 1. The molecular weight excluding hydrogens is 462 g/mol. The molecule has 0 bridgehead atoms. The molecular formula is C25H16F2N2O4S. The average Bonchev–Trinajstić information content (AvgIpc) is 3.37. The standard InChI is InChI=1S/C25H16F2N2O4S/c1-33-17-10-11-18-19(12-17)34-25(28-18)29-21(13-2-6-15(26)7-3-13)20(23(31)24(29)32)22(30)14-4-8-16(27)9-5-14/h2-12,21,30H,1H3/t21-/m1/s1. The summed E-state index contributed by atoms with van der Waals surface area (Å²) in [4.78, 5) is 32.0. The molecule has 0 spiro atoms. The number of aliphatic hydroxyl groups is 1. The monoisotopic (exact) mass is 478 g/mol. The van der Waals surface area contributed by atoms with Crippen LogP contribution in [0.5, 0.6) is 5.75 Å². The molecule has 0 unspecified atom stereocenters. The van der Waals surface area contributed by atoms with Crippen LogP contribution in [0, 0.1) is 11.6 Å². The van der Waals surface area contributed by atoms with E-state index in [1.165, 1.54) is 59.7 Å². The van der Waals surface area contributed by atoms with Crippen molar-refractivity contribution in [1.82, 2.24) is 4.98 Å². The number of methoxy groups -OCH3 is 1. The van der Waals surface area contributed by atoms with E-state index < -0.39 is 35.1 Å². The molecule has 1 atom stereocenters. The first-order chi connectivity index (χ1) is 16.4. The Balaban J connectivity index is 1.71. The van der Waals surface area contributed by atoms with Crippen molar-refractivity contribution in [3.8, 4) is 5.75 Å². The molecule has 6 nitrogen and oxygen atoms in total. The molecule has 0 saturated carbocycles. The van der Waals surface area contributed by atoms with Gasteiger partial charge in [-0.05, 0) is 60.2 Å². The van der Waals surface area contributed by atoms with Crippen molar-refractivity contribution >= 4 is 44.1 Å². The number of halogens is 2. The van der Waals surface area contributed by atoms with Crippen molar-refractivity contribution in [3.05, 3.63) is 95.1 Å². The molecule has 2 heterocycles. The predicted octanol–water partition coefficient (Wildman–Crippen LogP) is 5.21. The summed E-state index contributed by atoms with van der Waals surface area (Å²) in [6.45, 7) is 0. The van der Waals surface area contributed by atoms with Gasteiger partial charge >= 0.3 is 5.91 Å². The van der Waals surface area contributed by atoms with Gasteiger partial charge in [0.2, 0.25) is 0 Å². The Hall–Kier alpha value is -4.11. The highest BCUT2D eigenvalue weighted by Crippen LogP contribution is 2.44. The maximum Gasteiger partial charge on any atom is 0.301 e. The molecule has 1 aliphatic heterocycles. The summed E-state index contributed by atoms with van der Waals surface area (Å²) in [5.74, 6) is -2.67. The summed E-state index contributed by atoms with van der Waals surface area (Å²) in [7, 11) is 1.53. The summed E-state index contributed by atoms with van der Waals surface area (Å²) in [5, 5.41) is 11.2. The number of hydrogen-bond acceptors (Lipinski definition) is 6. The second-order valence-corrected chi connectivity index (χ2v) is 8.57. The third kappa shape index (κ3) is 3.60. The normalized spacial score (nSPS) is 17.5. The molecule has 1 aromatic heterocycles. The number of amides is 1. The van der Waals surface area contributed by atoms with Gasteiger partial charge in [0, 0.05) is 5.56 Å². The first kappa shape index (κ1) is 21.7. The highest BCUT2D eigenvalue weighted by atomic mass is 32.1. The van der Waals surface area contributed by atoms with Gasteiger partial charge in [0.1, 0.15) is 23.1 Å². The van der Waals surface area contributed by atoms with E-state index in [-0.39, 0.29) is 16.3 Å². The average molecular weight is 478 g/mol. The molecule has 9 heteroatoms. The second-order valence-electron chi connectivity index (χ2n) is 7.56. The van der Waals surface area contributed by atoms with Crippen LogP contribution in [0.3, 0.4) is 0 Å². The minimum atomic E-state index is -1.06. The van der Waals surface area contributed by atoms with E-state index in [0.717, 1.165) is 16.8 Å². The van der Waals surface area contributed by atoms with Crippen molar-refractivity contribution in [2.75, 3.05) is 12.0 Å². The van der Waals surface area contributed by atoms with Crippen molar-refractivity contribution in [2.45, 2.75) is 6.04 Å². The molecule has 1 aliphatic rings. The highest BCUT2D eigenvalue weighted by molar-refractivity contribution is 7.22. The Bertz CT molecular complexity index is 1460. The fourth-order valence-corrected chi connectivity index (χ4v) is 4.90. The lowest BCUT2D eigenvalue weighted by Gasteiger charge is -2.23. The SMILES string of the molecule is COc1ccc2nc(N3C(=O)C(=O)C(=C(O)c4ccc(F)cc4)[C@H]3c3ccc(F)cc3)sc2c1. The Labute approximate surface area is 196 Å². The van der Waals surface area contributed by atoms with E-state index in [2.05, 4.69) is 4.98 Å². The van der Waals surface area contributed by atoms with Gasteiger partial charge in [-0.1, -0.05) is 23.5 Å². The maximum atomic E-state index is 13.7. The first-order valence-electron chi connectivity index (χ1n) is 10.1. The quantitative estimate of drug-likeness (QED) is 0.248. The molecule has 1 N–H and O–H groups in total. The van der Waals surface area contributed by atoms with Crippen LogP contribution >= 0.6 is 11.3 Å². The highest BCUT2D eigenvalue weighted by Gasteiger charge is 2.48. The predicted molar refractivity (Wildman–Crippen MR) is 124 cm³/mol. The van der Waals surface area contributed by atoms with Gasteiger partial charge in [-0.2, -0.15) is 0 Å². The number of hydrogen-bond donors (Lipinski definition) is 1. The van der Waals surface area contributed by atoms with Crippen molar-refractivity contribution in [2.24, 2.45) is 0 Å². The van der Waals surface area contributed by atoms with E-state index in [0.29, 0.717) is 16.8 Å². The Morgan fingerprint density at radius 3 is 2.29 bits per heavy atom. The zero-order valence-corrected chi connectivity index (χ0v) is 18.5. The summed E-state index contributed by atoms with van der Waals surface area (Å²) >= 11 is 1.18. The lowest BCUT2D eigenvalue weighted by molar-refractivity contribution is -0.132. The fourth-order valence-electron chi connectivity index (χ4n) is 3.88. The number of ether oxygens (including phenoxy) is 1. The number of Topliss-reactive ketones (excluding diaryl/α,β-unsaturated/α-hetero) is 1. The summed E-state index contributed by atoms with van der Waals surface area (Å²) in [6.07, 6.45) is 0. The van der Waals surface area contributed by atoms with Gasteiger partial charge in [-0.3, -0.25) is 14.5 Å². The Kier molecular flexibility index (Phi) is 5.33. The molecule has 34 heavy (non-hydrogen) atoms. The zero-order valence-electron chi connectivity index (χ0n) is 17.7. The number of aromatic nitrogens is 1. The lowest BCUT2D eigenvalue weighted by atomic mass is 9.95. The third-order valence-electron chi connectivity index (χ3n) is 5.54. The Morgan fingerprint density at radius 2 is 1.65 bits per heavy atom. The second kappa shape index (κ2) is 8.35. The molecule has 3 aromatic carbocycles. The van der Waals surface area contributed by atoms with E-state index >= 15 is 0 Å². The largest absolute Gasteiger partial charge is 0.507 e. The number of carbonyl (C=O) groups is 2. The molecule has 1 fully saturated rings. The number of anilines is 1. The number of benzene rings is 3. The Morgan fingerprint density at radius 1 is 1.00 bits per heavy atom. The van der Waals surface area contributed by atoms with Crippen LogP contribution in [-0.4, -0.2) is 28.9 Å². The van der Waals surface area contributed by atoms with Crippen molar-refractivity contribution in [3.63, 3.8) is 0 Å². The fraction of sp³-hybridized carbons (Fsp3) is 0.0800. The van der Waals surface area contributed by atoms with Gasteiger partial charge in [0.05, 0.1) is 28.9 Å². The van der Waals surface area contributed by atoms with E-state index in [1.807, 2.05) is 0 Å². The molecule has 170 valence electrons. The summed E-state index contributed by atoms with van der Waals surface area (Å²) < 4.78 is 33.0. The molecule has 1 amide bonds. The molecule has 4 aromatic rings. The molecule has 1 saturated heterocycles. The van der Waals surface area contributed by atoms with Crippen molar-refractivity contribution < 1.29 is 28.2 Å². The van der Waals surface area contributed by atoms with E-state index in [4.69, 9.17) is 4.74 Å². The number of thiazole rings is 1. The van der Waals surface area contributed by atoms with Crippen LogP contribution in [0.25, 0.3) is 16.0 Å². The van der Waals surface area contributed by atoms with E-state index in [9.17, 15) is 23.5 Å². The number of nitrogens with zero attached hydrogens (tertiary/aromatic N) is 2. The number of carbonyl (C=O) groups excluding carboxylic acids is 2. The third-order valence-corrected chi connectivity index (χ3v) is 6.56. The van der Waals surface area contributed by atoms with Gasteiger partial charge in [-0.25, -0.2) is 13.8 Å². The van der Waals surface area contributed by atoms with Gasteiger partial charge in [0.15, 0.2) is 5.13 Å². The topological polar surface area (TPSA) is 79.7 Å².